The van der Waals surface area contributed by atoms with E-state index >= 15 is 0 Å². The Labute approximate surface area is 103 Å². The predicted molar refractivity (Wildman–Crippen MR) is 65.7 cm³/mol. The second kappa shape index (κ2) is 6.12. The van der Waals surface area contributed by atoms with Gasteiger partial charge in [-0.3, -0.25) is 0 Å². The van der Waals surface area contributed by atoms with E-state index in [-0.39, 0.29) is 5.75 Å². The third-order valence-electron chi connectivity index (χ3n) is 1.67. The summed E-state index contributed by atoms with van der Waals surface area (Å²) < 4.78 is 25.7. The summed E-state index contributed by atoms with van der Waals surface area (Å²) in [6.45, 7) is 2.45. The van der Waals surface area contributed by atoms with E-state index in [2.05, 4.69) is 35.9 Å². The first-order valence-electron chi connectivity index (χ1n) is 4.72. The average Bonchev–Trinajstić information content (AvgIpc) is 2.17. The molecule has 0 aliphatic rings. The van der Waals surface area contributed by atoms with Gasteiger partial charge >= 0.3 is 0 Å². The van der Waals surface area contributed by atoms with Crippen molar-refractivity contribution in [2.24, 2.45) is 0 Å². The third kappa shape index (κ3) is 4.86. The van der Waals surface area contributed by atoms with E-state index in [4.69, 9.17) is 0 Å². The first-order valence-corrected chi connectivity index (χ1v) is 7.17. The van der Waals surface area contributed by atoms with Crippen LogP contribution in [0.2, 0.25) is 0 Å². The van der Waals surface area contributed by atoms with Crippen molar-refractivity contribution in [2.45, 2.75) is 6.92 Å². The molecule has 1 aromatic rings. The topological polar surface area (TPSA) is 84.0 Å². The monoisotopic (exact) mass is 308 g/mol. The molecule has 0 aliphatic carbocycles. The normalized spacial score (nSPS) is 11.4. The summed E-state index contributed by atoms with van der Waals surface area (Å²) in [5.74, 6) is 0.608. The largest absolute Gasteiger partial charge is 0.369 e. The van der Waals surface area contributed by atoms with E-state index in [1.54, 1.807) is 13.0 Å². The molecule has 0 spiro atoms. The van der Waals surface area contributed by atoms with E-state index < -0.39 is 10.0 Å². The Morgan fingerprint density at radius 3 is 2.81 bits per heavy atom. The summed E-state index contributed by atoms with van der Waals surface area (Å²) in [6, 6.07) is 1.68. The highest BCUT2D eigenvalue weighted by Gasteiger charge is 2.07. The lowest BCUT2D eigenvalue weighted by Crippen LogP contribution is -2.29. The van der Waals surface area contributed by atoms with Crippen LogP contribution in [0.4, 0.5) is 5.82 Å². The number of sulfonamides is 1. The van der Waals surface area contributed by atoms with Crippen LogP contribution in [0.5, 0.6) is 0 Å². The second-order valence-electron chi connectivity index (χ2n) is 2.97. The van der Waals surface area contributed by atoms with Crippen molar-refractivity contribution in [3.8, 4) is 0 Å². The van der Waals surface area contributed by atoms with Crippen molar-refractivity contribution < 1.29 is 8.42 Å². The first-order chi connectivity index (χ1) is 7.53. The molecular weight excluding hydrogens is 296 g/mol. The van der Waals surface area contributed by atoms with Gasteiger partial charge in [0.2, 0.25) is 10.0 Å². The van der Waals surface area contributed by atoms with Crippen LogP contribution < -0.4 is 10.0 Å². The fraction of sp³-hybridized carbons (Fsp3) is 0.500. The Hall–Kier alpha value is -0.730. The number of halogens is 1. The minimum absolute atomic E-state index is 0.0163. The number of anilines is 1. The molecule has 16 heavy (non-hydrogen) atoms. The van der Waals surface area contributed by atoms with Crippen LogP contribution in [0.3, 0.4) is 0 Å². The molecular formula is C8H13BrN4O2S. The number of nitrogens with one attached hydrogen (secondary N) is 2. The Balaban J connectivity index is 2.42. The first kappa shape index (κ1) is 13.3. The van der Waals surface area contributed by atoms with E-state index in [1.807, 2.05) is 0 Å². The van der Waals surface area contributed by atoms with Crippen LogP contribution in [0, 0.1) is 0 Å². The van der Waals surface area contributed by atoms with Crippen LogP contribution in [0.15, 0.2) is 17.0 Å². The van der Waals surface area contributed by atoms with Crippen molar-refractivity contribution in [3.05, 3.63) is 17.0 Å². The molecule has 1 aromatic heterocycles. The fourth-order valence-electron chi connectivity index (χ4n) is 1.04. The molecule has 90 valence electrons. The zero-order valence-electron chi connectivity index (χ0n) is 8.77. The highest BCUT2D eigenvalue weighted by atomic mass is 79.9. The van der Waals surface area contributed by atoms with Crippen molar-refractivity contribution in [2.75, 3.05) is 24.2 Å². The lowest BCUT2D eigenvalue weighted by molar-refractivity contribution is 0.584. The fourth-order valence-corrected chi connectivity index (χ4v) is 2.30. The van der Waals surface area contributed by atoms with E-state index in [0.717, 1.165) is 0 Å². The SMILES string of the molecule is CCNS(=O)(=O)CCNc1cc(Br)ncn1. The van der Waals surface area contributed by atoms with E-state index in [0.29, 0.717) is 23.5 Å². The lowest BCUT2D eigenvalue weighted by atomic mass is 10.5. The van der Waals surface area contributed by atoms with Gasteiger partial charge in [-0.1, -0.05) is 6.92 Å². The zero-order valence-corrected chi connectivity index (χ0v) is 11.2. The summed E-state index contributed by atoms with van der Waals surface area (Å²) in [7, 11) is -3.18. The van der Waals surface area contributed by atoms with Crippen LogP contribution in [-0.4, -0.2) is 37.2 Å². The van der Waals surface area contributed by atoms with Gasteiger partial charge in [0.05, 0.1) is 5.75 Å². The number of aromatic nitrogens is 2. The van der Waals surface area contributed by atoms with Gasteiger partial charge in [0, 0.05) is 19.2 Å². The molecule has 8 heteroatoms. The molecule has 0 saturated heterocycles. The molecule has 0 radical (unpaired) electrons. The van der Waals surface area contributed by atoms with Gasteiger partial charge in [-0.15, -0.1) is 0 Å². The molecule has 0 bridgehead atoms. The van der Waals surface area contributed by atoms with Crippen molar-refractivity contribution in [3.63, 3.8) is 0 Å². The Kier molecular flexibility index (Phi) is 5.10. The number of hydrogen-bond donors (Lipinski definition) is 2. The molecule has 6 nitrogen and oxygen atoms in total. The van der Waals surface area contributed by atoms with Gasteiger partial charge < -0.3 is 5.32 Å². The summed E-state index contributed by atoms with van der Waals surface area (Å²) in [4.78, 5) is 7.80. The molecule has 0 saturated carbocycles. The number of rotatable bonds is 6. The van der Waals surface area contributed by atoms with Gasteiger partial charge in [0.15, 0.2) is 0 Å². The molecule has 0 aliphatic heterocycles. The van der Waals surface area contributed by atoms with Crippen molar-refractivity contribution in [1.29, 1.82) is 0 Å². The molecule has 0 aromatic carbocycles. The molecule has 1 rings (SSSR count). The van der Waals surface area contributed by atoms with Crippen LogP contribution >= 0.6 is 15.9 Å². The maximum Gasteiger partial charge on any atom is 0.213 e. The average molecular weight is 309 g/mol. The Bertz CT molecular complexity index is 437. The molecule has 0 fully saturated rings. The number of hydrogen-bond acceptors (Lipinski definition) is 5. The van der Waals surface area contributed by atoms with Gasteiger partial charge in [-0.25, -0.2) is 23.1 Å². The third-order valence-corrected chi connectivity index (χ3v) is 3.58. The molecule has 1 heterocycles. The minimum Gasteiger partial charge on any atom is -0.369 e. The van der Waals surface area contributed by atoms with Crippen LogP contribution in [0.25, 0.3) is 0 Å². The summed E-state index contributed by atoms with van der Waals surface area (Å²) >= 11 is 3.20. The maximum absolute atomic E-state index is 11.3. The minimum atomic E-state index is -3.18. The number of nitrogens with zero attached hydrogens (tertiary/aromatic N) is 2. The van der Waals surface area contributed by atoms with Gasteiger partial charge in [-0.05, 0) is 15.9 Å². The quantitative estimate of drug-likeness (QED) is 0.752. The van der Waals surface area contributed by atoms with Crippen molar-refractivity contribution >= 4 is 31.8 Å². The second-order valence-corrected chi connectivity index (χ2v) is 5.71. The molecule has 0 unspecified atom stereocenters. The molecule has 0 amide bonds. The van der Waals surface area contributed by atoms with E-state index in [9.17, 15) is 8.42 Å². The highest BCUT2D eigenvalue weighted by molar-refractivity contribution is 9.10. The van der Waals surface area contributed by atoms with E-state index in [1.165, 1.54) is 6.33 Å². The zero-order chi connectivity index (χ0) is 12.0. The summed E-state index contributed by atoms with van der Waals surface area (Å²) in [5, 5.41) is 2.90. The van der Waals surface area contributed by atoms with Crippen LogP contribution in [-0.2, 0) is 10.0 Å². The van der Waals surface area contributed by atoms with Crippen molar-refractivity contribution in [1.82, 2.24) is 14.7 Å². The molecule has 0 atom stereocenters. The van der Waals surface area contributed by atoms with Crippen LogP contribution in [0.1, 0.15) is 6.92 Å². The van der Waals surface area contributed by atoms with Gasteiger partial charge in [0.1, 0.15) is 16.7 Å². The highest BCUT2D eigenvalue weighted by Crippen LogP contribution is 2.08. The molecule has 2 N–H and O–H groups in total. The lowest BCUT2D eigenvalue weighted by Gasteiger charge is -2.06. The standard InChI is InChI=1S/C8H13BrN4O2S/c1-2-13-16(14,15)4-3-10-8-5-7(9)11-6-12-8/h5-6,13H,2-4H2,1H3,(H,10,11,12). The van der Waals surface area contributed by atoms with Gasteiger partial charge in [-0.2, -0.15) is 0 Å². The smallest absolute Gasteiger partial charge is 0.213 e. The maximum atomic E-state index is 11.3. The Morgan fingerprint density at radius 2 is 2.19 bits per heavy atom. The van der Waals surface area contributed by atoms with Gasteiger partial charge in [0.25, 0.3) is 0 Å². The summed E-state index contributed by atoms with van der Waals surface area (Å²) in [5.41, 5.74) is 0. The Morgan fingerprint density at radius 1 is 1.44 bits per heavy atom. The predicted octanol–water partition coefficient (Wildman–Crippen LogP) is 0.590. The summed E-state index contributed by atoms with van der Waals surface area (Å²) in [6.07, 6.45) is 1.39.